The third-order valence-corrected chi connectivity index (χ3v) is 5.64. The monoisotopic (exact) mass is 452 g/mol. The van der Waals surface area contributed by atoms with Crippen LogP contribution in [0, 0.1) is 0 Å². The van der Waals surface area contributed by atoms with Crippen molar-refractivity contribution in [2.75, 3.05) is 46.1 Å². The van der Waals surface area contributed by atoms with E-state index in [1.807, 2.05) is 18.2 Å². The molecule has 2 heterocycles. The zero-order valence-electron chi connectivity index (χ0n) is 17.7. The maximum atomic E-state index is 12.7. The van der Waals surface area contributed by atoms with E-state index >= 15 is 0 Å². The van der Waals surface area contributed by atoms with Gasteiger partial charge >= 0.3 is 6.18 Å². The Balaban J connectivity index is 1.14. The van der Waals surface area contributed by atoms with Crippen molar-refractivity contribution in [3.8, 4) is 11.5 Å². The highest BCUT2D eigenvalue weighted by Crippen LogP contribution is 2.32. The molecule has 0 amide bonds. The lowest BCUT2D eigenvalue weighted by atomic mass is 10.1. The van der Waals surface area contributed by atoms with Crippen molar-refractivity contribution in [3.05, 3.63) is 59.2 Å². The zero-order chi connectivity index (χ0) is 22.6. The van der Waals surface area contributed by atoms with Crippen molar-refractivity contribution in [2.45, 2.75) is 25.4 Å². The number of aliphatic hydroxyl groups excluding tert-OH is 1. The van der Waals surface area contributed by atoms with Crippen LogP contribution < -0.4 is 9.47 Å². The number of piperazine rings is 1. The summed E-state index contributed by atoms with van der Waals surface area (Å²) in [5.41, 5.74) is 1.20. The first-order valence-corrected chi connectivity index (χ1v) is 10.6. The number of β-amino-alcohol motifs (C(OH)–C–C–N with tert-alkyl or cyclic N) is 1. The molecule has 2 aliphatic heterocycles. The Kier molecular flexibility index (Phi) is 7.20. The van der Waals surface area contributed by atoms with Crippen molar-refractivity contribution in [2.24, 2.45) is 0 Å². The molecule has 0 radical (unpaired) electrons. The van der Waals surface area contributed by atoms with Gasteiger partial charge in [0.25, 0.3) is 0 Å². The molecule has 32 heavy (non-hydrogen) atoms. The van der Waals surface area contributed by atoms with Gasteiger partial charge in [-0.15, -0.1) is 0 Å². The molecule has 1 unspecified atom stereocenters. The largest absolute Gasteiger partial charge is 0.454 e. The summed E-state index contributed by atoms with van der Waals surface area (Å²) in [6.45, 7) is 5.17. The molecule has 1 atom stereocenters. The van der Waals surface area contributed by atoms with Gasteiger partial charge in [0.2, 0.25) is 6.79 Å². The molecule has 2 aliphatic rings. The van der Waals surface area contributed by atoms with Gasteiger partial charge in [0, 0.05) is 39.3 Å². The summed E-state index contributed by atoms with van der Waals surface area (Å²) in [6.07, 6.45) is -4.90. The Hall–Kier alpha value is -2.33. The molecule has 1 fully saturated rings. The predicted molar refractivity (Wildman–Crippen MR) is 111 cm³/mol. The number of alkyl halides is 3. The third-order valence-electron chi connectivity index (χ3n) is 5.64. The average molecular weight is 452 g/mol. The second-order valence-corrected chi connectivity index (χ2v) is 8.13. The molecular formula is C23H27F3N2O4. The smallest absolute Gasteiger partial charge is 0.416 e. The molecule has 2 aromatic rings. The number of rotatable bonds is 8. The number of ether oxygens (including phenoxy) is 3. The van der Waals surface area contributed by atoms with Gasteiger partial charge < -0.3 is 19.3 Å². The minimum atomic E-state index is -4.31. The van der Waals surface area contributed by atoms with Gasteiger partial charge in [0.15, 0.2) is 11.5 Å². The number of hydrogen-bond donors (Lipinski definition) is 1. The lowest BCUT2D eigenvalue weighted by Gasteiger charge is -2.35. The Morgan fingerprint density at radius 2 is 1.56 bits per heavy atom. The maximum Gasteiger partial charge on any atom is 0.416 e. The Labute approximate surface area is 185 Å². The van der Waals surface area contributed by atoms with E-state index in [1.165, 1.54) is 12.1 Å². The van der Waals surface area contributed by atoms with E-state index in [4.69, 9.17) is 14.2 Å². The zero-order valence-corrected chi connectivity index (χ0v) is 17.7. The third kappa shape index (κ3) is 6.13. The number of benzene rings is 2. The Morgan fingerprint density at radius 1 is 0.906 bits per heavy atom. The molecule has 174 valence electrons. The fraction of sp³-hybridized carbons (Fsp3) is 0.478. The van der Waals surface area contributed by atoms with Crippen molar-refractivity contribution < 1.29 is 32.5 Å². The van der Waals surface area contributed by atoms with Gasteiger partial charge in [0.1, 0.15) is 0 Å². The summed E-state index contributed by atoms with van der Waals surface area (Å²) < 4.78 is 54.3. The molecular weight excluding hydrogens is 425 g/mol. The van der Waals surface area contributed by atoms with Crippen molar-refractivity contribution in [3.63, 3.8) is 0 Å². The van der Waals surface area contributed by atoms with Crippen molar-refractivity contribution in [1.29, 1.82) is 0 Å². The average Bonchev–Trinajstić information content (AvgIpc) is 3.23. The summed E-state index contributed by atoms with van der Waals surface area (Å²) in [5.74, 6) is 1.44. The SMILES string of the molecule is OC(COCc1ccc2c(c1)OCO2)CN1CCN(Cc2ccc(C(F)(F)F)cc2)CC1. The maximum absolute atomic E-state index is 12.7. The van der Waals surface area contributed by atoms with Crippen LogP contribution in [0.1, 0.15) is 16.7 Å². The van der Waals surface area contributed by atoms with Crippen LogP contribution in [0.3, 0.4) is 0 Å². The van der Waals surface area contributed by atoms with E-state index < -0.39 is 17.8 Å². The summed E-state index contributed by atoms with van der Waals surface area (Å²) in [7, 11) is 0. The van der Waals surface area contributed by atoms with Crippen LogP contribution in [-0.2, 0) is 24.1 Å². The van der Waals surface area contributed by atoms with Crippen LogP contribution in [-0.4, -0.2) is 67.1 Å². The number of hydrogen-bond acceptors (Lipinski definition) is 6. The van der Waals surface area contributed by atoms with Crippen LogP contribution in [0.2, 0.25) is 0 Å². The van der Waals surface area contributed by atoms with Gasteiger partial charge in [-0.1, -0.05) is 18.2 Å². The van der Waals surface area contributed by atoms with Crippen LogP contribution in [0.4, 0.5) is 13.2 Å². The van der Waals surface area contributed by atoms with Crippen LogP contribution >= 0.6 is 0 Å². The quantitative estimate of drug-likeness (QED) is 0.664. The highest BCUT2D eigenvalue weighted by atomic mass is 19.4. The molecule has 2 aromatic carbocycles. The van der Waals surface area contributed by atoms with Crippen LogP contribution in [0.5, 0.6) is 11.5 Å². The standard InChI is InChI=1S/C23H27F3N2O4/c24-23(25,26)19-4-1-17(2-5-19)12-27-7-9-28(10-8-27)13-20(29)15-30-14-18-3-6-21-22(11-18)32-16-31-21/h1-6,11,20,29H,7-10,12-16H2. The molecule has 9 heteroatoms. The van der Waals surface area contributed by atoms with Gasteiger partial charge in [-0.3, -0.25) is 9.80 Å². The van der Waals surface area contributed by atoms with E-state index in [1.54, 1.807) is 0 Å². The fourth-order valence-corrected chi connectivity index (χ4v) is 3.88. The number of aliphatic hydroxyl groups is 1. The molecule has 0 aromatic heterocycles. The predicted octanol–water partition coefficient (Wildman–Crippen LogP) is 3.13. The summed E-state index contributed by atoms with van der Waals surface area (Å²) in [5, 5.41) is 10.3. The molecule has 4 rings (SSSR count). The first-order valence-electron chi connectivity index (χ1n) is 10.6. The van der Waals surface area contributed by atoms with E-state index in [2.05, 4.69) is 9.80 Å². The first kappa shape index (κ1) is 22.8. The summed E-state index contributed by atoms with van der Waals surface area (Å²) in [6, 6.07) is 11.0. The molecule has 0 spiro atoms. The Morgan fingerprint density at radius 3 is 2.28 bits per heavy atom. The summed E-state index contributed by atoms with van der Waals surface area (Å²) >= 11 is 0. The van der Waals surface area contributed by atoms with Crippen LogP contribution in [0.15, 0.2) is 42.5 Å². The number of halogens is 3. The van der Waals surface area contributed by atoms with Gasteiger partial charge in [-0.25, -0.2) is 0 Å². The lowest BCUT2D eigenvalue weighted by Crippen LogP contribution is -2.48. The van der Waals surface area contributed by atoms with E-state index in [-0.39, 0.29) is 13.4 Å². The molecule has 0 aliphatic carbocycles. The van der Waals surface area contributed by atoms with Crippen LogP contribution in [0.25, 0.3) is 0 Å². The first-order chi connectivity index (χ1) is 15.4. The molecule has 0 bridgehead atoms. The second-order valence-electron chi connectivity index (χ2n) is 8.13. The van der Waals surface area contributed by atoms with Crippen molar-refractivity contribution in [1.82, 2.24) is 9.80 Å². The minimum absolute atomic E-state index is 0.232. The highest BCUT2D eigenvalue weighted by Gasteiger charge is 2.30. The van der Waals surface area contributed by atoms with E-state index in [0.29, 0.717) is 25.4 Å². The molecule has 0 saturated carbocycles. The van der Waals surface area contributed by atoms with E-state index in [9.17, 15) is 18.3 Å². The van der Waals surface area contributed by atoms with E-state index in [0.717, 1.165) is 55.2 Å². The minimum Gasteiger partial charge on any atom is -0.454 e. The number of nitrogens with zero attached hydrogens (tertiary/aromatic N) is 2. The number of fused-ring (bicyclic) bond motifs is 1. The Bertz CT molecular complexity index is 884. The molecule has 6 nitrogen and oxygen atoms in total. The lowest BCUT2D eigenvalue weighted by molar-refractivity contribution is -0.137. The van der Waals surface area contributed by atoms with Gasteiger partial charge in [-0.2, -0.15) is 13.2 Å². The summed E-state index contributed by atoms with van der Waals surface area (Å²) in [4.78, 5) is 4.39. The van der Waals surface area contributed by atoms with Gasteiger partial charge in [-0.05, 0) is 35.4 Å². The van der Waals surface area contributed by atoms with Gasteiger partial charge in [0.05, 0.1) is 24.9 Å². The topological polar surface area (TPSA) is 54.4 Å². The fourth-order valence-electron chi connectivity index (χ4n) is 3.88. The normalized spacial score (nSPS) is 18.1. The highest BCUT2D eigenvalue weighted by molar-refractivity contribution is 5.44. The molecule has 1 saturated heterocycles. The second kappa shape index (κ2) is 10.1. The molecule has 1 N–H and O–H groups in total. The van der Waals surface area contributed by atoms with Crippen molar-refractivity contribution >= 4 is 0 Å².